The first-order valence-corrected chi connectivity index (χ1v) is 9.16. The van der Waals surface area contributed by atoms with Crippen molar-refractivity contribution in [3.05, 3.63) is 86.2 Å². The number of aryl methyl sites for hydroxylation is 2. The van der Waals surface area contributed by atoms with Crippen LogP contribution in [-0.4, -0.2) is 5.97 Å². The minimum Gasteiger partial charge on any atom is -0.458 e. The van der Waals surface area contributed by atoms with Crippen LogP contribution in [0.5, 0.6) is 0 Å². The van der Waals surface area contributed by atoms with Crippen LogP contribution in [0.15, 0.2) is 57.8 Å². The highest BCUT2D eigenvalue weighted by molar-refractivity contribution is 6.32. The van der Waals surface area contributed by atoms with Gasteiger partial charge in [0.1, 0.15) is 12.2 Å². The molecule has 0 spiro atoms. The van der Waals surface area contributed by atoms with E-state index in [-0.39, 0.29) is 6.61 Å². The van der Waals surface area contributed by atoms with Gasteiger partial charge in [0, 0.05) is 28.1 Å². The van der Waals surface area contributed by atoms with Crippen LogP contribution in [0.2, 0.25) is 5.02 Å². The predicted octanol–water partition coefficient (Wildman–Crippen LogP) is 4.69. The predicted molar refractivity (Wildman–Crippen MR) is 105 cm³/mol. The van der Waals surface area contributed by atoms with Crippen LogP contribution in [0.4, 0.5) is 0 Å². The number of esters is 1. The van der Waals surface area contributed by atoms with Crippen molar-refractivity contribution in [2.45, 2.75) is 25.9 Å². The summed E-state index contributed by atoms with van der Waals surface area (Å²) >= 11 is 6.06. The molecule has 2 aromatic carbocycles. The number of hydrogen-bond donors (Lipinski definition) is 0. The van der Waals surface area contributed by atoms with Gasteiger partial charge in [-0.1, -0.05) is 29.8 Å². The summed E-state index contributed by atoms with van der Waals surface area (Å²) in [6.45, 7) is 0.00653. The molecule has 3 aromatic rings. The Morgan fingerprint density at radius 1 is 1.15 bits per heavy atom. The third kappa shape index (κ3) is 3.81. The average molecular weight is 381 g/mol. The van der Waals surface area contributed by atoms with E-state index in [4.69, 9.17) is 20.8 Å². The number of fused-ring (bicyclic) bond motifs is 2. The van der Waals surface area contributed by atoms with Crippen molar-refractivity contribution >= 4 is 34.6 Å². The van der Waals surface area contributed by atoms with Crippen molar-refractivity contribution in [2.24, 2.45) is 0 Å². The van der Waals surface area contributed by atoms with Crippen LogP contribution >= 0.6 is 11.6 Å². The van der Waals surface area contributed by atoms with Crippen LogP contribution in [0.3, 0.4) is 0 Å². The van der Waals surface area contributed by atoms with Crippen molar-refractivity contribution in [3.63, 3.8) is 0 Å². The lowest BCUT2D eigenvalue weighted by atomic mass is 10.0. The molecule has 0 unspecified atom stereocenters. The second kappa shape index (κ2) is 7.41. The van der Waals surface area contributed by atoms with Crippen molar-refractivity contribution in [3.8, 4) is 0 Å². The zero-order valence-corrected chi connectivity index (χ0v) is 15.3. The van der Waals surface area contributed by atoms with Gasteiger partial charge in [-0.3, -0.25) is 0 Å². The maximum absolute atomic E-state index is 12.1. The summed E-state index contributed by atoms with van der Waals surface area (Å²) < 4.78 is 10.7. The Bertz CT molecular complexity index is 1110. The number of hydrogen-bond acceptors (Lipinski definition) is 4. The molecule has 0 bridgehead atoms. The average Bonchev–Trinajstić information content (AvgIpc) is 3.11. The van der Waals surface area contributed by atoms with Crippen LogP contribution in [0.25, 0.3) is 17.0 Å². The Kier molecular flexibility index (Phi) is 4.82. The zero-order chi connectivity index (χ0) is 18.8. The van der Waals surface area contributed by atoms with E-state index >= 15 is 0 Å². The minimum atomic E-state index is -0.502. The fourth-order valence-corrected chi connectivity index (χ4v) is 3.58. The molecule has 4 rings (SSSR count). The smallest absolute Gasteiger partial charge is 0.336 e. The SMILES string of the molecule is O=C(/C=C/c1ccccc1Cl)OCc1cc(=O)oc2cc3c(cc12)CCC3. The van der Waals surface area contributed by atoms with Gasteiger partial charge in [-0.25, -0.2) is 9.59 Å². The van der Waals surface area contributed by atoms with Gasteiger partial charge in [-0.2, -0.15) is 0 Å². The Labute approximate surface area is 161 Å². The molecule has 0 N–H and O–H groups in total. The highest BCUT2D eigenvalue weighted by atomic mass is 35.5. The molecular formula is C22H17ClO4. The van der Waals surface area contributed by atoms with E-state index in [0.29, 0.717) is 16.2 Å². The summed E-state index contributed by atoms with van der Waals surface area (Å²) in [5, 5.41) is 1.38. The molecular weight excluding hydrogens is 364 g/mol. The normalized spacial score (nSPS) is 13.2. The number of carbonyl (C=O) groups excluding carboxylic acids is 1. The van der Waals surface area contributed by atoms with Crippen LogP contribution in [0.1, 0.15) is 28.7 Å². The van der Waals surface area contributed by atoms with Gasteiger partial charge < -0.3 is 9.15 Å². The van der Waals surface area contributed by atoms with Crippen molar-refractivity contribution < 1.29 is 13.9 Å². The molecule has 136 valence electrons. The summed E-state index contributed by atoms with van der Waals surface area (Å²) in [7, 11) is 0. The van der Waals surface area contributed by atoms with Gasteiger partial charge in [0.05, 0.1) is 0 Å². The lowest BCUT2D eigenvalue weighted by Crippen LogP contribution is -2.06. The lowest BCUT2D eigenvalue weighted by Gasteiger charge is -2.08. The first-order chi connectivity index (χ1) is 13.1. The minimum absolute atomic E-state index is 0.00653. The Balaban J connectivity index is 1.54. The van der Waals surface area contributed by atoms with Crippen LogP contribution < -0.4 is 5.63 Å². The van der Waals surface area contributed by atoms with Gasteiger partial charge in [0.25, 0.3) is 0 Å². The standard InChI is InChI=1S/C22H17ClO4/c23-19-7-2-1-4-14(19)8-9-21(24)26-13-17-12-22(25)27-20-11-16-6-3-5-15(16)10-18(17)20/h1-2,4,7-12H,3,5-6,13H2/b9-8+. The van der Waals surface area contributed by atoms with E-state index < -0.39 is 11.6 Å². The Hall–Kier alpha value is -2.85. The highest BCUT2D eigenvalue weighted by Gasteiger charge is 2.15. The fourth-order valence-electron chi connectivity index (χ4n) is 3.38. The van der Waals surface area contributed by atoms with Crippen molar-refractivity contribution in [1.29, 1.82) is 0 Å². The molecule has 0 amide bonds. The number of rotatable bonds is 4. The van der Waals surface area contributed by atoms with Gasteiger partial charge in [-0.15, -0.1) is 0 Å². The summed E-state index contributed by atoms with van der Waals surface area (Å²) in [6.07, 6.45) is 6.06. The monoisotopic (exact) mass is 380 g/mol. The Morgan fingerprint density at radius 2 is 1.93 bits per heavy atom. The summed E-state index contributed by atoms with van der Waals surface area (Å²) in [4.78, 5) is 23.9. The van der Waals surface area contributed by atoms with Gasteiger partial charge in [-0.05, 0) is 60.2 Å². The van der Waals surface area contributed by atoms with Gasteiger partial charge in [0.2, 0.25) is 0 Å². The van der Waals surface area contributed by atoms with E-state index in [1.165, 1.54) is 23.3 Å². The third-order valence-electron chi connectivity index (χ3n) is 4.72. The lowest BCUT2D eigenvalue weighted by molar-refractivity contribution is -0.138. The topological polar surface area (TPSA) is 56.5 Å². The largest absolute Gasteiger partial charge is 0.458 e. The summed E-state index contributed by atoms with van der Waals surface area (Å²) in [6, 6.07) is 12.6. The molecule has 0 saturated heterocycles. The van der Waals surface area contributed by atoms with Crippen LogP contribution in [-0.2, 0) is 29.0 Å². The summed E-state index contributed by atoms with van der Waals surface area (Å²) in [5.74, 6) is -0.502. The van der Waals surface area contributed by atoms with E-state index in [0.717, 1.165) is 30.2 Å². The molecule has 0 radical (unpaired) electrons. The molecule has 0 fully saturated rings. The number of benzene rings is 2. The van der Waals surface area contributed by atoms with Crippen molar-refractivity contribution in [2.75, 3.05) is 0 Å². The molecule has 5 heteroatoms. The second-order valence-electron chi connectivity index (χ2n) is 6.52. The molecule has 0 saturated carbocycles. The van der Waals surface area contributed by atoms with E-state index in [1.54, 1.807) is 12.1 Å². The van der Waals surface area contributed by atoms with E-state index in [2.05, 4.69) is 0 Å². The highest BCUT2D eigenvalue weighted by Crippen LogP contribution is 2.28. The summed E-state index contributed by atoms with van der Waals surface area (Å²) in [5.41, 5.74) is 3.97. The maximum Gasteiger partial charge on any atom is 0.336 e. The molecule has 1 aliphatic rings. The number of ether oxygens (including phenoxy) is 1. The quantitative estimate of drug-likeness (QED) is 0.374. The second-order valence-corrected chi connectivity index (χ2v) is 6.93. The van der Waals surface area contributed by atoms with Gasteiger partial charge >= 0.3 is 11.6 Å². The van der Waals surface area contributed by atoms with E-state index in [9.17, 15) is 9.59 Å². The maximum atomic E-state index is 12.1. The first kappa shape index (κ1) is 17.6. The third-order valence-corrected chi connectivity index (χ3v) is 5.06. The molecule has 1 aliphatic carbocycles. The zero-order valence-electron chi connectivity index (χ0n) is 14.5. The molecule has 1 heterocycles. The molecule has 0 aliphatic heterocycles. The molecule has 1 aromatic heterocycles. The molecule has 0 atom stereocenters. The number of carbonyl (C=O) groups is 1. The van der Waals surface area contributed by atoms with E-state index in [1.807, 2.05) is 30.3 Å². The fraction of sp³-hybridized carbons (Fsp3) is 0.182. The van der Waals surface area contributed by atoms with Gasteiger partial charge in [0.15, 0.2) is 0 Å². The number of halogens is 1. The molecule has 27 heavy (non-hydrogen) atoms. The van der Waals surface area contributed by atoms with Crippen molar-refractivity contribution in [1.82, 2.24) is 0 Å². The van der Waals surface area contributed by atoms with Crippen LogP contribution in [0, 0.1) is 0 Å². The Morgan fingerprint density at radius 3 is 2.74 bits per heavy atom. The molecule has 4 nitrogen and oxygen atoms in total. The first-order valence-electron chi connectivity index (χ1n) is 8.78.